The second-order valence-corrected chi connectivity index (χ2v) is 7.49. The summed E-state index contributed by atoms with van der Waals surface area (Å²) in [7, 11) is 0. The van der Waals surface area contributed by atoms with E-state index in [1.54, 1.807) is 6.92 Å². The molecule has 4 unspecified atom stereocenters. The number of rotatable bonds is 2. The second-order valence-electron chi connectivity index (χ2n) is 7.49. The molecule has 0 aromatic rings. The first-order chi connectivity index (χ1) is 8.70. The number of carboxylic acid groups (broad SMARTS) is 1. The third-order valence-corrected chi connectivity index (χ3v) is 5.88. The molecule has 4 atom stereocenters. The summed E-state index contributed by atoms with van der Waals surface area (Å²) in [5.74, 6) is -1.54. The molecule has 0 N–H and O–H groups in total. The van der Waals surface area contributed by atoms with Crippen LogP contribution >= 0.6 is 0 Å². The molecule has 2 aliphatic carbocycles. The van der Waals surface area contributed by atoms with Gasteiger partial charge in [-0.25, -0.2) is 0 Å². The van der Waals surface area contributed by atoms with Gasteiger partial charge in [-0.2, -0.15) is 0 Å². The molecule has 2 saturated carbocycles. The summed E-state index contributed by atoms with van der Waals surface area (Å²) in [6, 6.07) is 0. The first kappa shape index (κ1) is 14.5. The van der Waals surface area contributed by atoms with Crippen molar-refractivity contribution in [2.75, 3.05) is 0 Å². The highest BCUT2D eigenvalue weighted by Gasteiger charge is 2.55. The smallest absolute Gasteiger partial charge is 0.137 e. The number of carbonyl (C=O) groups excluding carboxylic acids is 2. The molecule has 0 amide bonds. The fraction of sp³-hybridized carbons (Fsp3) is 0.875. The molecule has 0 aromatic heterocycles. The van der Waals surface area contributed by atoms with Gasteiger partial charge < -0.3 is 9.90 Å². The molecular formula is C16H25O3-. The van der Waals surface area contributed by atoms with Crippen LogP contribution in [0.2, 0.25) is 0 Å². The largest absolute Gasteiger partial charge is 0.550 e. The third-order valence-electron chi connectivity index (χ3n) is 5.88. The van der Waals surface area contributed by atoms with Crippen molar-refractivity contribution in [3.05, 3.63) is 0 Å². The number of hydrogen-bond donors (Lipinski definition) is 0. The van der Waals surface area contributed by atoms with Crippen LogP contribution in [-0.4, -0.2) is 11.8 Å². The van der Waals surface area contributed by atoms with Crippen LogP contribution in [-0.2, 0) is 9.59 Å². The van der Waals surface area contributed by atoms with Crippen molar-refractivity contribution in [2.24, 2.45) is 28.6 Å². The lowest BCUT2D eigenvalue weighted by molar-refractivity contribution is -0.314. The maximum absolute atomic E-state index is 12.3. The summed E-state index contributed by atoms with van der Waals surface area (Å²) in [5, 5.41) is 11.3. The van der Waals surface area contributed by atoms with Crippen molar-refractivity contribution in [2.45, 2.75) is 59.8 Å². The molecular weight excluding hydrogens is 240 g/mol. The van der Waals surface area contributed by atoms with Gasteiger partial charge in [-0.05, 0) is 36.0 Å². The van der Waals surface area contributed by atoms with Gasteiger partial charge in [0.1, 0.15) is 5.78 Å². The first-order valence-electron chi connectivity index (χ1n) is 7.44. The Morgan fingerprint density at radius 3 is 2.53 bits per heavy atom. The molecule has 0 aromatic carbocycles. The van der Waals surface area contributed by atoms with Crippen LogP contribution in [0.3, 0.4) is 0 Å². The van der Waals surface area contributed by atoms with Crippen LogP contribution < -0.4 is 5.11 Å². The highest BCUT2D eigenvalue weighted by atomic mass is 16.4. The Bertz CT molecular complexity index is 399. The van der Waals surface area contributed by atoms with Gasteiger partial charge in [0.15, 0.2) is 0 Å². The van der Waals surface area contributed by atoms with Gasteiger partial charge in [0.25, 0.3) is 0 Å². The van der Waals surface area contributed by atoms with Gasteiger partial charge in [0.2, 0.25) is 0 Å². The number of fused-ring (bicyclic) bond motifs is 1. The van der Waals surface area contributed by atoms with Crippen LogP contribution in [0.4, 0.5) is 0 Å². The molecule has 0 aliphatic heterocycles. The van der Waals surface area contributed by atoms with Gasteiger partial charge in [0, 0.05) is 24.2 Å². The summed E-state index contributed by atoms with van der Waals surface area (Å²) in [6.45, 7) is 8.32. The van der Waals surface area contributed by atoms with E-state index in [0.717, 1.165) is 19.3 Å². The lowest BCUT2D eigenvalue weighted by atomic mass is 9.46. The zero-order chi connectivity index (χ0) is 14.4. The number of hydrogen-bond acceptors (Lipinski definition) is 3. The number of Topliss-reactive ketones (excluding diaryl/α,β-unsaturated/α-hetero) is 1. The Labute approximate surface area is 115 Å². The zero-order valence-corrected chi connectivity index (χ0v) is 12.5. The molecule has 0 bridgehead atoms. The van der Waals surface area contributed by atoms with Crippen LogP contribution in [0.5, 0.6) is 0 Å². The van der Waals surface area contributed by atoms with Crippen molar-refractivity contribution in [3.63, 3.8) is 0 Å². The maximum Gasteiger partial charge on any atom is 0.137 e. The summed E-state index contributed by atoms with van der Waals surface area (Å²) >= 11 is 0. The highest BCUT2D eigenvalue weighted by molar-refractivity contribution is 5.87. The van der Waals surface area contributed by atoms with E-state index in [-0.39, 0.29) is 22.5 Å². The molecule has 19 heavy (non-hydrogen) atoms. The average molecular weight is 265 g/mol. The van der Waals surface area contributed by atoms with E-state index in [1.807, 2.05) is 0 Å². The summed E-state index contributed by atoms with van der Waals surface area (Å²) in [4.78, 5) is 23.6. The van der Waals surface area contributed by atoms with E-state index in [0.29, 0.717) is 12.3 Å². The van der Waals surface area contributed by atoms with Crippen molar-refractivity contribution in [1.29, 1.82) is 0 Å². The fourth-order valence-electron chi connectivity index (χ4n) is 5.05. The Morgan fingerprint density at radius 1 is 1.32 bits per heavy atom. The van der Waals surface area contributed by atoms with Gasteiger partial charge >= 0.3 is 0 Å². The van der Waals surface area contributed by atoms with Gasteiger partial charge in [0.05, 0.1) is 0 Å². The number of carbonyl (C=O) groups is 2. The van der Waals surface area contributed by atoms with Crippen LogP contribution in [0, 0.1) is 28.6 Å². The van der Waals surface area contributed by atoms with Crippen molar-refractivity contribution in [1.82, 2.24) is 0 Å². The molecule has 0 heterocycles. The number of ketones is 1. The quantitative estimate of drug-likeness (QED) is 0.769. The van der Waals surface area contributed by atoms with Crippen LogP contribution in [0.15, 0.2) is 0 Å². The van der Waals surface area contributed by atoms with Crippen LogP contribution in [0.1, 0.15) is 59.8 Å². The predicted molar refractivity (Wildman–Crippen MR) is 71.1 cm³/mol. The van der Waals surface area contributed by atoms with Gasteiger partial charge in [-0.3, -0.25) is 4.79 Å². The molecule has 3 heteroatoms. The Hall–Kier alpha value is -0.860. The van der Waals surface area contributed by atoms with E-state index in [2.05, 4.69) is 20.8 Å². The zero-order valence-electron chi connectivity index (χ0n) is 12.5. The highest BCUT2D eigenvalue weighted by Crippen LogP contribution is 2.60. The van der Waals surface area contributed by atoms with E-state index < -0.39 is 11.9 Å². The molecule has 0 radical (unpaired) electrons. The minimum absolute atomic E-state index is 0.133. The van der Waals surface area contributed by atoms with E-state index in [9.17, 15) is 14.7 Å². The Balaban J connectivity index is 2.41. The van der Waals surface area contributed by atoms with Gasteiger partial charge in [-0.15, -0.1) is 0 Å². The van der Waals surface area contributed by atoms with Crippen molar-refractivity contribution < 1.29 is 14.7 Å². The average Bonchev–Trinajstić information content (AvgIpc) is 2.26. The van der Waals surface area contributed by atoms with E-state index in [1.165, 1.54) is 6.42 Å². The topological polar surface area (TPSA) is 57.2 Å². The minimum atomic E-state index is -1.08. The summed E-state index contributed by atoms with van der Waals surface area (Å²) in [6.07, 6.45) is 4.68. The molecule has 0 saturated heterocycles. The third kappa shape index (κ3) is 2.21. The summed E-state index contributed by atoms with van der Waals surface area (Å²) < 4.78 is 0. The maximum atomic E-state index is 12.3. The molecule has 2 fully saturated rings. The SMILES string of the molecule is CC(C(=O)[O-])C1C(=O)CCC2C(C)(C)CCCC12C. The molecule has 2 rings (SSSR count). The molecule has 2 aliphatic rings. The second kappa shape index (κ2) is 4.60. The predicted octanol–water partition coefficient (Wildman–Crippen LogP) is 2.18. The van der Waals surface area contributed by atoms with Crippen molar-refractivity contribution >= 4 is 11.8 Å². The standard InChI is InChI=1S/C16H26O3/c1-10(14(18)19)13-11(17)6-7-12-15(2,3)8-5-9-16(12,13)4/h10,12-13H,5-9H2,1-4H3,(H,18,19)/p-1. The molecule has 0 spiro atoms. The van der Waals surface area contributed by atoms with Crippen molar-refractivity contribution in [3.8, 4) is 0 Å². The number of carboxylic acids is 1. The van der Waals surface area contributed by atoms with E-state index >= 15 is 0 Å². The van der Waals surface area contributed by atoms with Gasteiger partial charge in [-0.1, -0.05) is 34.1 Å². The molecule has 3 nitrogen and oxygen atoms in total. The van der Waals surface area contributed by atoms with Crippen LogP contribution in [0.25, 0.3) is 0 Å². The normalized spacial score (nSPS) is 39.5. The first-order valence-corrected chi connectivity index (χ1v) is 7.44. The minimum Gasteiger partial charge on any atom is -0.550 e. The Kier molecular flexibility index (Phi) is 3.53. The lowest BCUT2D eigenvalue weighted by Crippen LogP contribution is -2.55. The van der Waals surface area contributed by atoms with E-state index in [4.69, 9.17) is 0 Å². The molecule has 108 valence electrons. The summed E-state index contributed by atoms with van der Waals surface area (Å²) in [5.41, 5.74) is 0.0359. The fourth-order valence-corrected chi connectivity index (χ4v) is 5.05. The Morgan fingerprint density at radius 2 is 1.95 bits per heavy atom. The lowest BCUT2D eigenvalue weighted by Gasteiger charge is -2.57. The number of aliphatic carboxylic acids is 1. The monoisotopic (exact) mass is 265 g/mol.